The Morgan fingerprint density at radius 2 is 1.71 bits per heavy atom. The molecule has 1 atom stereocenters. The van der Waals surface area contributed by atoms with E-state index in [9.17, 15) is 18.0 Å². The summed E-state index contributed by atoms with van der Waals surface area (Å²) in [5.74, 6) is -0.0621. The standard InChI is InChI=1S/C24H33N3O6S/c1-7-20(24(29)25-3)26(15-18-11-9-8-10-17(18)2)23(28)16-27(34(6,30)31)19-12-13-21(32-4)22(14-19)33-5/h8-14,20H,7,15-16H2,1-6H3,(H,25,29). The number of carbonyl (C=O) groups excluding carboxylic acids is 2. The molecule has 0 aromatic heterocycles. The van der Waals surface area contributed by atoms with Gasteiger partial charge in [0.1, 0.15) is 12.6 Å². The Balaban J connectivity index is 2.49. The van der Waals surface area contributed by atoms with Gasteiger partial charge in [-0.25, -0.2) is 8.42 Å². The molecule has 186 valence electrons. The van der Waals surface area contributed by atoms with E-state index in [-0.39, 0.29) is 18.1 Å². The van der Waals surface area contributed by atoms with Crippen LogP contribution in [-0.2, 0) is 26.2 Å². The Morgan fingerprint density at radius 1 is 1.06 bits per heavy atom. The van der Waals surface area contributed by atoms with E-state index in [0.29, 0.717) is 17.9 Å². The average molecular weight is 492 g/mol. The molecule has 2 aromatic rings. The van der Waals surface area contributed by atoms with Crippen molar-refractivity contribution in [3.05, 3.63) is 53.6 Å². The molecule has 1 unspecified atom stereocenters. The van der Waals surface area contributed by atoms with Gasteiger partial charge in [-0.1, -0.05) is 31.2 Å². The first-order valence-electron chi connectivity index (χ1n) is 10.8. The molecule has 0 heterocycles. The number of amides is 2. The molecule has 0 aliphatic heterocycles. The van der Waals surface area contributed by atoms with Gasteiger partial charge in [0.25, 0.3) is 0 Å². The number of aryl methyl sites for hydroxylation is 1. The predicted molar refractivity (Wildman–Crippen MR) is 132 cm³/mol. The van der Waals surface area contributed by atoms with Gasteiger partial charge in [0, 0.05) is 19.7 Å². The molecule has 0 saturated carbocycles. The van der Waals surface area contributed by atoms with Gasteiger partial charge in [-0.05, 0) is 36.6 Å². The van der Waals surface area contributed by atoms with Crippen LogP contribution in [0.4, 0.5) is 5.69 Å². The number of rotatable bonds is 11. The molecule has 0 aliphatic rings. The SMILES string of the molecule is CCC(C(=O)NC)N(Cc1ccccc1C)C(=O)CN(c1ccc(OC)c(OC)c1)S(C)(=O)=O. The van der Waals surface area contributed by atoms with E-state index in [1.807, 2.05) is 31.2 Å². The zero-order chi connectivity index (χ0) is 25.5. The van der Waals surface area contributed by atoms with Gasteiger partial charge in [0.05, 0.1) is 26.2 Å². The summed E-state index contributed by atoms with van der Waals surface area (Å²) in [5.41, 5.74) is 2.08. The van der Waals surface area contributed by atoms with Crippen molar-refractivity contribution in [2.75, 3.05) is 38.4 Å². The molecular formula is C24H33N3O6S. The summed E-state index contributed by atoms with van der Waals surface area (Å²) in [6, 6.07) is 11.4. The topological polar surface area (TPSA) is 105 Å². The highest BCUT2D eigenvalue weighted by atomic mass is 32.2. The van der Waals surface area contributed by atoms with Crippen molar-refractivity contribution in [1.29, 1.82) is 0 Å². The number of carbonyl (C=O) groups is 2. The van der Waals surface area contributed by atoms with E-state index in [2.05, 4.69) is 5.32 Å². The first kappa shape index (κ1) is 27.0. The van der Waals surface area contributed by atoms with Crippen molar-refractivity contribution in [2.24, 2.45) is 0 Å². The molecule has 0 spiro atoms. The van der Waals surface area contributed by atoms with Crippen molar-refractivity contribution in [2.45, 2.75) is 32.9 Å². The fourth-order valence-electron chi connectivity index (χ4n) is 3.65. The number of methoxy groups -OCH3 is 2. The number of nitrogens with zero attached hydrogens (tertiary/aromatic N) is 2. The van der Waals surface area contributed by atoms with Crippen molar-refractivity contribution < 1.29 is 27.5 Å². The first-order valence-corrected chi connectivity index (χ1v) is 12.7. The van der Waals surface area contributed by atoms with Crippen molar-refractivity contribution in [1.82, 2.24) is 10.2 Å². The van der Waals surface area contributed by atoms with E-state index in [0.717, 1.165) is 21.7 Å². The van der Waals surface area contributed by atoms with Crippen LogP contribution in [0, 0.1) is 6.92 Å². The molecule has 0 aliphatic carbocycles. The predicted octanol–water partition coefficient (Wildman–Crippen LogP) is 2.33. The van der Waals surface area contributed by atoms with Crippen molar-refractivity contribution in [3.8, 4) is 11.5 Å². The fourth-order valence-corrected chi connectivity index (χ4v) is 4.49. The molecular weight excluding hydrogens is 458 g/mol. The second kappa shape index (κ2) is 11.7. The maximum Gasteiger partial charge on any atom is 0.244 e. The number of hydrogen-bond acceptors (Lipinski definition) is 6. The van der Waals surface area contributed by atoms with Crippen molar-refractivity contribution >= 4 is 27.5 Å². The molecule has 1 N–H and O–H groups in total. The largest absolute Gasteiger partial charge is 0.493 e. The van der Waals surface area contributed by atoms with Crippen LogP contribution in [0.15, 0.2) is 42.5 Å². The minimum Gasteiger partial charge on any atom is -0.493 e. The maximum atomic E-state index is 13.6. The zero-order valence-electron chi connectivity index (χ0n) is 20.5. The number of ether oxygens (including phenoxy) is 2. The quantitative estimate of drug-likeness (QED) is 0.517. The monoisotopic (exact) mass is 491 g/mol. The highest BCUT2D eigenvalue weighted by Crippen LogP contribution is 2.32. The molecule has 34 heavy (non-hydrogen) atoms. The van der Waals surface area contributed by atoms with Crippen LogP contribution in [-0.4, -0.2) is 65.2 Å². The third kappa shape index (κ3) is 6.40. The highest BCUT2D eigenvalue weighted by molar-refractivity contribution is 7.92. The lowest BCUT2D eigenvalue weighted by atomic mass is 10.1. The Hall–Kier alpha value is -3.27. The van der Waals surface area contributed by atoms with Crippen LogP contribution in [0.5, 0.6) is 11.5 Å². The number of sulfonamides is 1. The third-order valence-corrected chi connectivity index (χ3v) is 6.71. The van der Waals surface area contributed by atoms with Gasteiger partial charge in [-0.15, -0.1) is 0 Å². The van der Waals surface area contributed by atoms with Crippen LogP contribution in [0.3, 0.4) is 0 Å². The van der Waals surface area contributed by atoms with Gasteiger partial charge in [0.15, 0.2) is 11.5 Å². The minimum atomic E-state index is -3.84. The van der Waals surface area contributed by atoms with E-state index in [1.54, 1.807) is 13.0 Å². The van der Waals surface area contributed by atoms with Gasteiger partial charge in [-0.2, -0.15) is 0 Å². The molecule has 0 bridgehead atoms. The molecule has 10 heteroatoms. The lowest BCUT2D eigenvalue weighted by molar-refractivity contribution is -0.140. The molecule has 0 radical (unpaired) electrons. The second-order valence-corrected chi connectivity index (χ2v) is 9.70. The Bertz CT molecular complexity index is 1120. The molecule has 0 fully saturated rings. The lowest BCUT2D eigenvalue weighted by Gasteiger charge is -2.33. The van der Waals surface area contributed by atoms with Crippen LogP contribution < -0.4 is 19.1 Å². The molecule has 0 saturated heterocycles. The second-order valence-electron chi connectivity index (χ2n) is 7.80. The summed E-state index contributed by atoms with van der Waals surface area (Å²) in [7, 11) is 0.582. The number of likely N-dealkylation sites (N-methyl/N-ethyl adjacent to an activating group) is 1. The molecule has 2 amide bonds. The third-order valence-electron chi connectivity index (χ3n) is 5.57. The van der Waals surface area contributed by atoms with E-state index >= 15 is 0 Å². The average Bonchev–Trinajstić information content (AvgIpc) is 2.81. The summed E-state index contributed by atoms with van der Waals surface area (Å²) in [6.45, 7) is 3.42. The Morgan fingerprint density at radius 3 is 2.24 bits per heavy atom. The zero-order valence-corrected chi connectivity index (χ0v) is 21.3. The van der Waals surface area contributed by atoms with E-state index in [1.165, 1.54) is 38.3 Å². The molecule has 9 nitrogen and oxygen atoms in total. The van der Waals surface area contributed by atoms with Crippen LogP contribution in [0.1, 0.15) is 24.5 Å². The fraction of sp³-hybridized carbons (Fsp3) is 0.417. The first-order chi connectivity index (χ1) is 16.1. The van der Waals surface area contributed by atoms with Gasteiger partial charge in [0.2, 0.25) is 21.8 Å². The normalized spacial score (nSPS) is 11.9. The Labute approximate surface area is 201 Å². The summed E-state index contributed by atoms with van der Waals surface area (Å²) in [6.07, 6.45) is 1.39. The Kier molecular flexibility index (Phi) is 9.31. The highest BCUT2D eigenvalue weighted by Gasteiger charge is 2.31. The van der Waals surface area contributed by atoms with Crippen LogP contribution in [0.25, 0.3) is 0 Å². The molecule has 2 rings (SSSR count). The smallest absolute Gasteiger partial charge is 0.244 e. The summed E-state index contributed by atoms with van der Waals surface area (Å²) < 4.78 is 36.9. The van der Waals surface area contributed by atoms with E-state index < -0.39 is 28.5 Å². The molecule has 2 aromatic carbocycles. The van der Waals surface area contributed by atoms with Crippen LogP contribution in [0.2, 0.25) is 0 Å². The van der Waals surface area contributed by atoms with Gasteiger partial charge in [-0.3, -0.25) is 13.9 Å². The number of anilines is 1. The van der Waals surface area contributed by atoms with Gasteiger partial charge < -0.3 is 19.7 Å². The number of benzene rings is 2. The number of hydrogen-bond donors (Lipinski definition) is 1. The van der Waals surface area contributed by atoms with Gasteiger partial charge >= 0.3 is 0 Å². The number of nitrogens with one attached hydrogen (secondary N) is 1. The lowest BCUT2D eigenvalue weighted by Crippen LogP contribution is -2.51. The summed E-state index contributed by atoms with van der Waals surface area (Å²) in [5, 5.41) is 2.60. The summed E-state index contributed by atoms with van der Waals surface area (Å²) in [4.78, 5) is 27.6. The van der Waals surface area contributed by atoms with E-state index in [4.69, 9.17) is 9.47 Å². The van der Waals surface area contributed by atoms with Crippen LogP contribution >= 0.6 is 0 Å². The maximum absolute atomic E-state index is 13.6. The minimum absolute atomic E-state index is 0.168. The van der Waals surface area contributed by atoms with Crippen molar-refractivity contribution in [3.63, 3.8) is 0 Å². The summed E-state index contributed by atoms with van der Waals surface area (Å²) >= 11 is 0.